The number of hydrogen-bond donors (Lipinski definition) is 0. The van der Waals surface area contributed by atoms with Gasteiger partial charge in [0.25, 0.3) is 0 Å². The van der Waals surface area contributed by atoms with Crippen LogP contribution in [0.5, 0.6) is 0 Å². The van der Waals surface area contributed by atoms with Crippen molar-refractivity contribution in [1.29, 1.82) is 0 Å². The molecule has 1 aromatic heterocycles. The predicted octanol–water partition coefficient (Wildman–Crippen LogP) is 4.02. The van der Waals surface area contributed by atoms with E-state index in [0.717, 1.165) is 39.2 Å². The number of amides is 1. The minimum Gasteiger partial charge on any atom is -0.279 e. The fourth-order valence-electron chi connectivity index (χ4n) is 4.22. The molecule has 1 atom stereocenters. The molecule has 0 spiro atoms. The number of hydrogen-bond acceptors (Lipinski definition) is 3. The molecule has 29 heavy (non-hydrogen) atoms. The molecular formula is C25H22N3O+. The summed E-state index contributed by atoms with van der Waals surface area (Å²) in [6.07, 6.45) is 4.27. The van der Waals surface area contributed by atoms with Gasteiger partial charge in [0.1, 0.15) is 6.42 Å². The molecule has 3 heterocycles. The fraction of sp³-hybridized carbons (Fsp3) is 0.200. The number of carbonyl (C=O) groups excluding carboxylic acids is 1. The van der Waals surface area contributed by atoms with Crippen molar-refractivity contribution in [2.24, 2.45) is 4.99 Å². The molecule has 1 amide bonds. The maximum absolute atomic E-state index is 12.9. The summed E-state index contributed by atoms with van der Waals surface area (Å²) in [5.41, 5.74) is 8.78. The first-order valence-electron chi connectivity index (χ1n) is 9.95. The molecule has 0 saturated heterocycles. The second-order valence-corrected chi connectivity index (χ2v) is 7.75. The number of nitrogens with zero attached hydrogens (tertiary/aromatic N) is 3. The predicted molar refractivity (Wildman–Crippen MR) is 114 cm³/mol. The Morgan fingerprint density at radius 3 is 2.66 bits per heavy atom. The topological polar surface area (TPSA) is 45.3 Å². The zero-order valence-corrected chi connectivity index (χ0v) is 16.6. The lowest BCUT2D eigenvalue weighted by Crippen LogP contribution is -2.31. The monoisotopic (exact) mass is 380 g/mol. The molecule has 3 aromatic rings. The number of aliphatic imine (C=N–C) groups is 1. The summed E-state index contributed by atoms with van der Waals surface area (Å²) in [7, 11) is 0. The van der Waals surface area contributed by atoms with Gasteiger partial charge in [-0.2, -0.15) is 4.58 Å². The molecule has 2 aliphatic rings. The Hall–Kier alpha value is -3.40. The Morgan fingerprint density at radius 2 is 1.86 bits per heavy atom. The van der Waals surface area contributed by atoms with E-state index in [1.165, 1.54) is 5.56 Å². The number of carbonyl (C=O) groups is 1. The van der Waals surface area contributed by atoms with Crippen LogP contribution >= 0.6 is 0 Å². The first-order chi connectivity index (χ1) is 14.1. The molecule has 4 nitrogen and oxygen atoms in total. The summed E-state index contributed by atoms with van der Waals surface area (Å²) in [6.45, 7) is 4.74. The van der Waals surface area contributed by atoms with Crippen molar-refractivity contribution in [3.63, 3.8) is 0 Å². The lowest BCUT2D eigenvalue weighted by molar-refractivity contribution is -0.486. The highest BCUT2D eigenvalue weighted by atomic mass is 16.2. The van der Waals surface area contributed by atoms with Gasteiger partial charge >= 0.3 is 5.91 Å². The van der Waals surface area contributed by atoms with Crippen LogP contribution in [0.25, 0.3) is 0 Å². The third-order valence-corrected chi connectivity index (χ3v) is 5.80. The number of benzene rings is 2. The van der Waals surface area contributed by atoms with Gasteiger partial charge in [-0.3, -0.25) is 9.98 Å². The van der Waals surface area contributed by atoms with Crippen LogP contribution in [-0.2, 0) is 17.8 Å². The average molecular weight is 380 g/mol. The van der Waals surface area contributed by atoms with E-state index in [9.17, 15) is 4.79 Å². The summed E-state index contributed by atoms with van der Waals surface area (Å²) < 4.78 is 1.87. The van der Waals surface area contributed by atoms with E-state index < -0.39 is 0 Å². The summed E-state index contributed by atoms with van der Waals surface area (Å²) in [6, 6.07) is 18.6. The average Bonchev–Trinajstić information content (AvgIpc) is 3.14. The fourth-order valence-corrected chi connectivity index (χ4v) is 4.22. The lowest BCUT2D eigenvalue weighted by atomic mass is 9.92. The van der Waals surface area contributed by atoms with Gasteiger partial charge in [-0.15, -0.1) is 0 Å². The van der Waals surface area contributed by atoms with Crippen molar-refractivity contribution in [3.8, 4) is 0 Å². The third kappa shape index (κ3) is 3.11. The molecule has 0 unspecified atom stereocenters. The molecule has 0 N–H and O–H groups in total. The highest BCUT2D eigenvalue weighted by molar-refractivity contribution is 6.16. The van der Waals surface area contributed by atoms with Gasteiger partial charge in [0, 0.05) is 41.1 Å². The summed E-state index contributed by atoms with van der Waals surface area (Å²) >= 11 is 0. The van der Waals surface area contributed by atoms with Crippen molar-refractivity contribution >= 4 is 17.8 Å². The molecule has 4 heteroatoms. The van der Waals surface area contributed by atoms with Gasteiger partial charge in [-0.1, -0.05) is 36.4 Å². The zero-order chi connectivity index (χ0) is 20.0. The van der Waals surface area contributed by atoms with Gasteiger partial charge in [0.05, 0.1) is 12.3 Å². The standard InChI is InChI=1S/C25H22N3O/c1-16-10-19(8-9-26-16)25-23-12-22-15-28(17(2)18-6-4-3-5-7-18)24(29)13-20(22)11-21(23)14-27-25/h3-12,15,17H,13-14H2,1-2H3/q+1/t17-/m1/s1. The van der Waals surface area contributed by atoms with Crippen LogP contribution < -0.4 is 0 Å². The number of aryl methyl sites for hydroxylation is 1. The van der Waals surface area contributed by atoms with Crippen molar-refractivity contribution < 1.29 is 9.37 Å². The summed E-state index contributed by atoms with van der Waals surface area (Å²) in [5, 5.41) is 0. The number of rotatable bonds is 3. The van der Waals surface area contributed by atoms with Crippen molar-refractivity contribution in [2.45, 2.75) is 32.9 Å². The highest BCUT2D eigenvalue weighted by Gasteiger charge is 2.32. The van der Waals surface area contributed by atoms with E-state index in [-0.39, 0.29) is 11.9 Å². The minimum absolute atomic E-state index is 0.00101. The molecule has 5 rings (SSSR count). The Kier molecular flexibility index (Phi) is 4.20. The molecule has 0 radical (unpaired) electrons. The van der Waals surface area contributed by atoms with Gasteiger partial charge in [-0.05, 0) is 36.2 Å². The molecule has 2 aromatic carbocycles. The van der Waals surface area contributed by atoms with E-state index in [1.807, 2.05) is 48.2 Å². The Labute approximate surface area is 170 Å². The smallest absolute Gasteiger partial charge is 0.279 e. The minimum atomic E-state index is 0.00101. The molecule has 0 bridgehead atoms. The maximum atomic E-state index is 12.9. The van der Waals surface area contributed by atoms with Gasteiger partial charge in [0.2, 0.25) is 0 Å². The van der Waals surface area contributed by atoms with Crippen molar-refractivity contribution in [1.82, 2.24) is 4.98 Å². The number of pyridine rings is 1. The highest BCUT2D eigenvalue weighted by Crippen LogP contribution is 2.29. The SMILES string of the molecule is Cc1cc(C2=NCc3cc4c(cc32)C=[N+]([C@H](C)c2ccccc2)C(=O)C4)ccn1. The van der Waals surface area contributed by atoms with Crippen LogP contribution in [0.4, 0.5) is 0 Å². The van der Waals surface area contributed by atoms with Gasteiger partial charge < -0.3 is 0 Å². The first-order valence-corrected chi connectivity index (χ1v) is 9.95. The third-order valence-electron chi connectivity index (χ3n) is 5.80. The quantitative estimate of drug-likeness (QED) is 0.645. The zero-order valence-electron chi connectivity index (χ0n) is 16.6. The van der Waals surface area contributed by atoms with Crippen LogP contribution in [0, 0.1) is 6.92 Å². The van der Waals surface area contributed by atoms with E-state index in [1.54, 1.807) is 0 Å². The van der Waals surface area contributed by atoms with E-state index in [2.05, 4.69) is 42.2 Å². The molecule has 0 fully saturated rings. The lowest BCUT2D eigenvalue weighted by Gasteiger charge is -2.17. The Morgan fingerprint density at radius 1 is 1.03 bits per heavy atom. The van der Waals surface area contributed by atoms with E-state index >= 15 is 0 Å². The van der Waals surface area contributed by atoms with Crippen molar-refractivity contribution in [3.05, 3.63) is 99.9 Å². The van der Waals surface area contributed by atoms with Crippen molar-refractivity contribution in [2.75, 3.05) is 0 Å². The normalized spacial score (nSPS) is 16.0. The maximum Gasteiger partial charge on any atom is 0.391 e. The second kappa shape index (κ2) is 6.89. The Balaban J connectivity index is 1.56. The van der Waals surface area contributed by atoms with Crippen LogP contribution in [-0.4, -0.2) is 27.4 Å². The van der Waals surface area contributed by atoms with Crippen LogP contribution in [0.3, 0.4) is 0 Å². The van der Waals surface area contributed by atoms with Gasteiger partial charge in [0.15, 0.2) is 12.3 Å². The van der Waals surface area contributed by atoms with Gasteiger partial charge in [-0.25, -0.2) is 4.79 Å². The number of aromatic nitrogens is 1. The molecule has 0 aliphatic carbocycles. The number of fused-ring (bicyclic) bond motifs is 2. The first kappa shape index (κ1) is 17.7. The van der Waals surface area contributed by atoms with Crippen LogP contribution in [0.2, 0.25) is 0 Å². The largest absolute Gasteiger partial charge is 0.391 e. The van der Waals surface area contributed by atoms with Crippen LogP contribution in [0.1, 0.15) is 52.0 Å². The molecule has 2 aliphatic heterocycles. The molecule has 0 saturated carbocycles. The second-order valence-electron chi connectivity index (χ2n) is 7.75. The molecule has 142 valence electrons. The summed E-state index contributed by atoms with van der Waals surface area (Å²) in [4.78, 5) is 21.9. The van der Waals surface area contributed by atoms with Crippen LogP contribution in [0.15, 0.2) is 65.8 Å². The summed E-state index contributed by atoms with van der Waals surface area (Å²) in [5.74, 6) is 0.137. The Bertz CT molecular complexity index is 1190. The molecular weight excluding hydrogens is 358 g/mol. The van der Waals surface area contributed by atoms with E-state index in [4.69, 9.17) is 4.99 Å². The van der Waals surface area contributed by atoms with E-state index in [0.29, 0.717) is 13.0 Å².